The van der Waals surface area contributed by atoms with Gasteiger partial charge in [0.2, 0.25) is 12.6 Å². The molecule has 0 aliphatic carbocycles. The van der Waals surface area contributed by atoms with Crippen molar-refractivity contribution >= 4 is 11.9 Å². The van der Waals surface area contributed by atoms with E-state index in [2.05, 4.69) is 10.1 Å². The summed E-state index contributed by atoms with van der Waals surface area (Å²) in [6.45, 7) is 0.00105. The van der Waals surface area contributed by atoms with Gasteiger partial charge in [-0.1, -0.05) is 30.3 Å². The molecule has 3 aliphatic rings. The highest BCUT2D eigenvalue weighted by atomic mass is 16.8. The molecule has 180 valence electrons. The number of benzene rings is 2. The van der Waals surface area contributed by atoms with Crippen LogP contribution in [-0.4, -0.2) is 58.4 Å². The first-order valence-corrected chi connectivity index (χ1v) is 10.9. The number of esters is 1. The first kappa shape index (κ1) is 21.5. The fourth-order valence-corrected chi connectivity index (χ4v) is 4.22. The zero-order valence-electron chi connectivity index (χ0n) is 18.2. The summed E-state index contributed by atoms with van der Waals surface area (Å²) in [7, 11) is 0. The molecule has 2 fully saturated rings. The first-order valence-electron chi connectivity index (χ1n) is 10.9. The second-order valence-electron chi connectivity index (χ2n) is 8.09. The fourth-order valence-electron chi connectivity index (χ4n) is 4.22. The van der Waals surface area contributed by atoms with Crippen molar-refractivity contribution in [2.75, 3.05) is 13.4 Å². The van der Waals surface area contributed by atoms with Crippen LogP contribution in [0.1, 0.15) is 39.1 Å². The average Bonchev–Trinajstić information content (AvgIpc) is 3.66. The highest BCUT2D eigenvalue weighted by molar-refractivity contribution is 5.90. The molecule has 2 unspecified atom stereocenters. The van der Waals surface area contributed by atoms with E-state index in [1.54, 1.807) is 18.2 Å². The molecule has 0 saturated carbocycles. The van der Waals surface area contributed by atoms with Gasteiger partial charge in [0.1, 0.15) is 31.2 Å². The van der Waals surface area contributed by atoms with Gasteiger partial charge in [-0.25, -0.2) is 14.5 Å². The van der Waals surface area contributed by atoms with E-state index in [1.165, 1.54) is 11.0 Å². The largest absolute Gasteiger partial charge is 0.459 e. The second kappa shape index (κ2) is 8.65. The molecular weight excluding hydrogens is 460 g/mol. The van der Waals surface area contributed by atoms with Crippen molar-refractivity contribution in [2.45, 2.75) is 30.8 Å². The van der Waals surface area contributed by atoms with E-state index in [-0.39, 0.29) is 19.2 Å². The summed E-state index contributed by atoms with van der Waals surface area (Å²) < 4.78 is 35.9. The minimum absolute atomic E-state index is 0.104. The topological polar surface area (TPSA) is 146 Å². The van der Waals surface area contributed by atoms with Crippen LogP contribution in [0.4, 0.5) is 0 Å². The summed E-state index contributed by atoms with van der Waals surface area (Å²) in [6, 6.07) is 14.2. The maximum atomic E-state index is 12.7. The number of nitrogens with zero attached hydrogens (tertiary/aromatic N) is 3. The highest BCUT2D eigenvalue weighted by Gasteiger charge is 2.54. The van der Waals surface area contributed by atoms with Gasteiger partial charge in [0.15, 0.2) is 24.0 Å². The van der Waals surface area contributed by atoms with E-state index >= 15 is 0 Å². The Morgan fingerprint density at radius 3 is 2.63 bits per heavy atom. The molecule has 0 bridgehead atoms. The minimum atomic E-state index is -0.774. The average molecular weight is 480 g/mol. The number of carbonyl (C=O) groups excluding carboxylic acids is 2. The quantitative estimate of drug-likeness (QED) is 0.513. The van der Waals surface area contributed by atoms with Gasteiger partial charge in [-0.05, 0) is 18.2 Å². The number of amides is 1. The predicted molar refractivity (Wildman–Crippen MR) is 114 cm³/mol. The molecule has 12 nitrogen and oxygen atoms in total. The van der Waals surface area contributed by atoms with E-state index in [9.17, 15) is 9.59 Å². The first-order chi connectivity index (χ1) is 17.1. The molecule has 1 amide bonds. The molecule has 6 rings (SSSR count). The number of fused-ring (bicyclic) bond motifs is 2. The summed E-state index contributed by atoms with van der Waals surface area (Å²) in [5, 5.41) is 4.10. The molecule has 0 spiro atoms. The lowest BCUT2D eigenvalue weighted by molar-refractivity contribution is -0.156. The van der Waals surface area contributed by atoms with Crippen LogP contribution in [0.5, 0.6) is 11.5 Å². The van der Waals surface area contributed by atoms with E-state index in [1.807, 2.05) is 30.3 Å². The monoisotopic (exact) mass is 480 g/mol. The molecule has 3 aliphatic heterocycles. The Kier molecular flexibility index (Phi) is 5.32. The zero-order chi connectivity index (χ0) is 23.9. The summed E-state index contributed by atoms with van der Waals surface area (Å²) >= 11 is 0. The number of rotatable bonds is 6. The van der Waals surface area contributed by atoms with Crippen LogP contribution in [-0.2, 0) is 18.9 Å². The van der Waals surface area contributed by atoms with E-state index in [0.717, 1.165) is 5.56 Å². The Morgan fingerprint density at radius 2 is 1.83 bits per heavy atom. The Morgan fingerprint density at radius 1 is 1.03 bits per heavy atom. The molecule has 2 saturated heterocycles. The molecule has 4 heterocycles. The molecule has 5 atom stereocenters. The Bertz CT molecular complexity index is 1270. The van der Waals surface area contributed by atoms with Crippen molar-refractivity contribution < 1.29 is 38.0 Å². The van der Waals surface area contributed by atoms with Crippen molar-refractivity contribution in [3.8, 4) is 11.5 Å². The van der Waals surface area contributed by atoms with Crippen molar-refractivity contribution in [1.82, 2.24) is 14.8 Å². The van der Waals surface area contributed by atoms with Crippen LogP contribution >= 0.6 is 0 Å². The third kappa shape index (κ3) is 3.97. The number of primary amides is 1. The molecule has 2 N–H and O–H groups in total. The Labute approximate surface area is 198 Å². The van der Waals surface area contributed by atoms with Crippen LogP contribution < -0.4 is 15.2 Å². The maximum absolute atomic E-state index is 12.7. The van der Waals surface area contributed by atoms with Gasteiger partial charge in [0.05, 0.1) is 5.56 Å². The molecule has 1 aromatic heterocycles. The van der Waals surface area contributed by atoms with Crippen LogP contribution in [0.15, 0.2) is 54.9 Å². The van der Waals surface area contributed by atoms with Crippen molar-refractivity contribution in [3.63, 3.8) is 0 Å². The summed E-state index contributed by atoms with van der Waals surface area (Å²) in [4.78, 5) is 28.1. The van der Waals surface area contributed by atoms with Crippen LogP contribution in [0.25, 0.3) is 0 Å². The second-order valence-corrected chi connectivity index (χ2v) is 8.09. The Hall–Kier alpha value is -4.00. The number of ether oxygens (including phenoxy) is 6. The van der Waals surface area contributed by atoms with Gasteiger partial charge < -0.3 is 34.2 Å². The maximum Gasteiger partial charge on any atom is 0.338 e. The van der Waals surface area contributed by atoms with Gasteiger partial charge in [-0.2, -0.15) is 0 Å². The number of hydrogen-bond donors (Lipinski definition) is 1. The molecule has 12 heteroatoms. The van der Waals surface area contributed by atoms with Gasteiger partial charge in [0, 0.05) is 5.56 Å². The van der Waals surface area contributed by atoms with E-state index in [4.69, 9.17) is 34.2 Å². The standard InChI is InChI=1S/C23H20N4O8/c24-19(28)20-25-10-27(26-20)21-18-17(34-23(35-18)12-4-2-1-3-5-12)16(33-21)9-30-22(29)13-6-7-14-15(8-13)32-11-31-14/h1-8,10,16-18,21,23H,9,11H2,(H2,24,28)/t16-,17?,18-,21-,23?/m1/s1. The van der Waals surface area contributed by atoms with Crippen LogP contribution in [0, 0.1) is 0 Å². The molecule has 3 aromatic rings. The number of nitrogens with two attached hydrogens (primary N) is 1. The van der Waals surface area contributed by atoms with Gasteiger partial charge in [0.25, 0.3) is 5.91 Å². The third-order valence-corrected chi connectivity index (χ3v) is 5.90. The lowest BCUT2D eigenvalue weighted by atomic mass is 10.1. The number of aromatic nitrogens is 3. The van der Waals surface area contributed by atoms with Crippen molar-refractivity contribution in [3.05, 3.63) is 71.8 Å². The van der Waals surface area contributed by atoms with Crippen molar-refractivity contribution in [1.29, 1.82) is 0 Å². The van der Waals surface area contributed by atoms with E-state index < -0.39 is 42.7 Å². The lowest BCUT2D eigenvalue weighted by Crippen LogP contribution is -2.32. The zero-order valence-corrected chi connectivity index (χ0v) is 18.2. The molecular formula is C23H20N4O8. The molecule has 0 radical (unpaired) electrons. The summed E-state index contributed by atoms with van der Waals surface area (Å²) in [6.07, 6.45) is -1.93. The lowest BCUT2D eigenvalue weighted by Gasteiger charge is -2.20. The SMILES string of the molecule is NC(=O)c1ncn([C@@H]2O[C@H](COC(=O)c3ccc4c(c3)OCO4)C3OC(c4ccccc4)O[C@H]32)n1. The molecule has 35 heavy (non-hydrogen) atoms. The van der Waals surface area contributed by atoms with Gasteiger partial charge in [-0.15, -0.1) is 5.10 Å². The number of carbonyl (C=O) groups is 2. The molecule has 2 aromatic carbocycles. The third-order valence-electron chi connectivity index (χ3n) is 5.90. The number of hydrogen-bond acceptors (Lipinski definition) is 10. The van der Waals surface area contributed by atoms with E-state index in [0.29, 0.717) is 17.1 Å². The van der Waals surface area contributed by atoms with Crippen molar-refractivity contribution in [2.24, 2.45) is 5.73 Å². The summed E-state index contributed by atoms with van der Waals surface area (Å²) in [5.41, 5.74) is 6.42. The highest BCUT2D eigenvalue weighted by Crippen LogP contribution is 2.44. The van der Waals surface area contributed by atoms with Crippen LogP contribution in [0.3, 0.4) is 0 Å². The fraction of sp³-hybridized carbons (Fsp3) is 0.304. The van der Waals surface area contributed by atoms with Gasteiger partial charge >= 0.3 is 5.97 Å². The van der Waals surface area contributed by atoms with Gasteiger partial charge in [-0.3, -0.25) is 4.79 Å². The Balaban J connectivity index is 1.20. The van der Waals surface area contributed by atoms with Crippen LogP contribution in [0.2, 0.25) is 0 Å². The normalized spacial score (nSPS) is 26.5. The minimum Gasteiger partial charge on any atom is -0.459 e. The summed E-state index contributed by atoms with van der Waals surface area (Å²) in [5.74, 6) is -0.425. The predicted octanol–water partition coefficient (Wildman–Crippen LogP) is 1.34. The smallest absolute Gasteiger partial charge is 0.338 e.